The van der Waals surface area contributed by atoms with Crippen molar-refractivity contribution in [3.8, 4) is 0 Å². The Balaban J connectivity index is 2.11. The zero-order valence-electron chi connectivity index (χ0n) is 13.1. The van der Waals surface area contributed by atoms with E-state index in [1.165, 1.54) is 19.3 Å². The highest BCUT2D eigenvalue weighted by Crippen LogP contribution is 2.17. The van der Waals surface area contributed by atoms with Gasteiger partial charge in [-0.2, -0.15) is 0 Å². The number of rotatable bonds is 9. The Kier molecular flexibility index (Phi) is 8.01. The molecule has 1 unspecified atom stereocenters. The quantitative estimate of drug-likeness (QED) is 0.452. The molecule has 0 aliphatic rings. The molecule has 0 aliphatic heterocycles. The molecule has 1 aromatic rings. The Morgan fingerprint density at radius 3 is 2.30 bits per heavy atom. The second kappa shape index (κ2) is 9.57. The average molecular weight is 276 g/mol. The van der Waals surface area contributed by atoms with E-state index in [1.54, 1.807) is 0 Å². The highest BCUT2D eigenvalue weighted by Gasteiger charge is 2.10. The first-order chi connectivity index (χ1) is 9.59. The molecule has 0 fully saturated rings. The SMILES string of the molecule is CC(C)CCCCCCC(=O)OC(C)c1ccccc1. The van der Waals surface area contributed by atoms with Crippen LogP contribution in [0, 0.1) is 5.92 Å². The molecule has 1 atom stereocenters. The number of carbonyl (C=O) groups is 1. The van der Waals surface area contributed by atoms with Crippen molar-refractivity contribution in [1.82, 2.24) is 0 Å². The first-order valence-electron chi connectivity index (χ1n) is 7.84. The highest BCUT2D eigenvalue weighted by molar-refractivity contribution is 5.69. The largest absolute Gasteiger partial charge is 0.458 e. The van der Waals surface area contributed by atoms with Crippen molar-refractivity contribution in [2.24, 2.45) is 5.92 Å². The van der Waals surface area contributed by atoms with Gasteiger partial charge >= 0.3 is 5.97 Å². The molecule has 0 amide bonds. The lowest BCUT2D eigenvalue weighted by Crippen LogP contribution is -2.08. The Morgan fingerprint density at radius 1 is 1.00 bits per heavy atom. The Morgan fingerprint density at radius 2 is 1.65 bits per heavy atom. The molecule has 0 radical (unpaired) electrons. The predicted molar refractivity (Wildman–Crippen MR) is 83.5 cm³/mol. The molecule has 0 bridgehead atoms. The van der Waals surface area contributed by atoms with Gasteiger partial charge in [-0.15, -0.1) is 0 Å². The molecule has 0 saturated heterocycles. The van der Waals surface area contributed by atoms with Gasteiger partial charge in [0.2, 0.25) is 0 Å². The van der Waals surface area contributed by atoms with Crippen molar-refractivity contribution in [3.05, 3.63) is 35.9 Å². The highest BCUT2D eigenvalue weighted by atomic mass is 16.5. The van der Waals surface area contributed by atoms with Gasteiger partial charge in [-0.05, 0) is 24.8 Å². The Hall–Kier alpha value is -1.31. The molecule has 0 spiro atoms. The van der Waals surface area contributed by atoms with Gasteiger partial charge < -0.3 is 4.74 Å². The molecule has 1 aromatic carbocycles. The lowest BCUT2D eigenvalue weighted by Gasteiger charge is -2.13. The number of benzene rings is 1. The summed E-state index contributed by atoms with van der Waals surface area (Å²) in [5, 5.41) is 0. The van der Waals surface area contributed by atoms with Crippen LogP contribution in [0.1, 0.15) is 71.0 Å². The molecule has 2 heteroatoms. The number of carbonyl (C=O) groups excluding carboxylic acids is 1. The second-order valence-electron chi connectivity index (χ2n) is 5.89. The fourth-order valence-corrected chi connectivity index (χ4v) is 2.22. The van der Waals surface area contributed by atoms with Crippen LogP contribution in [-0.4, -0.2) is 5.97 Å². The van der Waals surface area contributed by atoms with Crippen LogP contribution in [0.25, 0.3) is 0 Å². The van der Waals surface area contributed by atoms with E-state index in [9.17, 15) is 4.79 Å². The van der Waals surface area contributed by atoms with Crippen molar-refractivity contribution in [3.63, 3.8) is 0 Å². The van der Waals surface area contributed by atoms with Crippen molar-refractivity contribution in [2.45, 2.75) is 65.4 Å². The van der Waals surface area contributed by atoms with E-state index in [1.807, 2.05) is 37.3 Å². The third kappa shape index (κ3) is 7.32. The van der Waals surface area contributed by atoms with Crippen molar-refractivity contribution >= 4 is 5.97 Å². The zero-order valence-corrected chi connectivity index (χ0v) is 13.1. The second-order valence-corrected chi connectivity index (χ2v) is 5.89. The van der Waals surface area contributed by atoms with Gasteiger partial charge in [-0.3, -0.25) is 4.79 Å². The summed E-state index contributed by atoms with van der Waals surface area (Å²) in [6, 6.07) is 9.88. The van der Waals surface area contributed by atoms with Crippen molar-refractivity contribution < 1.29 is 9.53 Å². The number of ether oxygens (including phenoxy) is 1. The molecule has 0 heterocycles. The minimum Gasteiger partial charge on any atom is -0.458 e. The summed E-state index contributed by atoms with van der Waals surface area (Å²) in [6.07, 6.45) is 6.24. The van der Waals surface area contributed by atoms with E-state index < -0.39 is 0 Å². The van der Waals surface area contributed by atoms with Gasteiger partial charge in [0.25, 0.3) is 0 Å². The molecule has 0 aliphatic carbocycles. The fraction of sp³-hybridized carbons (Fsp3) is 0.611. The number of unbranched alkanes of at least 4 members (excludes halogenated alkanes) is 3. The Labute approximate surface area is 123 Å². The van der Waals surface area contributed by atoms with Crippen LogP contribution in [0.15, 0.2) is 30.3 Å². The number of esters is 1. The molecule has 2 nitrogen and oxygen atoms in total. The van der Waals surface area contributed by atoms with Crippen molar-refractivity contribution in [2.75, 3.05) is 0 Å². The molecule has 1 rings (SSSR count). The first-order valence-corrected chi connectivity index (χ1v) is 7.84. The lowest BCUT2D eigenvalue weighted by molar-refractivity contribution is -0.148. The van der Waals surface area contributed by atoms with Crippen LogP contribution >= 0.6 is 0 Å². The lowest BCUT2D eigenvalue weighted by atomic mass is 10.0. The van der Waals surface area contributed by atoms with Crippen LogP contribution < -0.4 is 0 Å². The standard InChI is InChI=1S/C18H28O2/c1-15(2)11-7-4-5-10-14-18(19)20-16(3)17-12-8-6-9-13-17/h6,8-9,12-13,15-16H,4-5,7,10-11,14H2,1-3H3. The Bertz CT molecular complexity index is 370. The van der Waals surface area contributed by atoms with E-state index >= 15 is 0 Å². The number of hydrogen-bond acceptors (Lipinski definition) is 2. The summed E-state index contributed by atoms with van der Waals surface area (Å²) in [4.78, 5) is 11.7. The molecule has 0 N–H and O–H groups in total. The maximum absolute atomic E-state index is 11.7. The average Bonchev–Trinajstić information content (AvgIpc) is 2.43. The maximum Gasteiger partial charge on any atom is 0.306 e. The first kappa shape index (κ1) is 16.7. The van der Waals surface area contributed by atoms with Crippen LogP contribution in [0.4, 0.5) is 0 Å². The predicted octanol–water partition coefficient (Wildman–Crippen LogP) is 5.29. The molecular weight excluding hydrogens is 248 g/mol. The minimum absolute atomic E-state index is 0.0785. The van der Waals surface area contributed by atoms with E-state index in [-0.39, 0.29) is 12.1 Å². The third-order valence-electron chi connectivity index (χ3n) is 3.49. The summed E-state index contributed by atoms with van der Waals surface area (Å²) < 4.78 is 5.44. The van der Waals surface area contributed by atoms with E-state index in [4.69, 9.17) is 4.74 Å². The summed E-state index contributed by atoms with van der Waals surface area (Å²) in [5.74, 6) is 0.705. The van der Waals surface area contributed by atoms with Gasteiger partial charge in [0.1, 0.15) is 6.10 Å². The van der Waals surface area contributed by atoms with Crippen LogP contribution in [0.2, 0.25) is 0 Å². The maximum atomic E-state index is 11.7. The van der Waals surface area contributed by atoms with Crippen molar-refractivity contribution in [1.29, 1.82) is 0 Å². The van der Waals surface area contributed by atoms with Gasteiger partial charge in [-0.1, -0.05) is 69.9 Å². The molecular formula is C18H28O2. The van der Waals surface area contributed by atoms with E-state index in [0.717, 1.165) is 24.3 Å². The fourth-order valence-electron chi connectivity index (χ4n) is 2.22. The smallest absolute Gasteiger partial charge is 0.306 e. The summed E-state index contributed by atoms with van der Waals surface area (Å²) in [5.41, 5.74) is 1.05. The minimum atomic E-state index is -0.148. The summed E-state index contributed by atoms with van der Waals surface area (Å²) in [6.45, 7) is 6.43. The number of hydrogen-bond donors (Lipinski definition) is 0. The molecule has 0 aromatic heterocycles. The van der Waals surface area contributed by atoms with Gasteiger partial charge in [0, 0.05) is 6.42 Å². The van der Waals surface area contributed by atoms with Crippen LogP contribution in [-0.2, 0) is 9.53 Å². The zero-order chi connectivity index (χ0) is 14.8. The van der Waals surface area contributed by atoms with Crippen LogP contribution in [0.5, 0.6) is 0 Å². The topological polar surface area (TPSA) is 26.3 Å². The van der Waals surface area contributed by atoms with Gasteiger partial charge in [-0.25, -0.2) is 0 Å². The van der Waals surface area contributed by atoms with E-state index in [2.05, 4.69) is 13.8 Å². The van der Waals surface area contributed by atoms with Crippen LogP contribution in [0.3, 0.4) is 0 Å². The van der Waals surface area contributed by atoms with Gasteiger partial charge in [0.05, 0.1) is 0 Å². The molecule has 0 saturated carbocycles. The summed E-state index contributed by atoms with van der Waals surface area (Å²) in [7, 11) is 0. The van der Waals surface area contributed by atoms with Gasteiger partial charge in [0.15, 0.2) is 0 Å². The molecule has 20 heavy (non-hydrogen) atoms. The normalized spacial score (nSPS) is 12.4. The molecule has 112 valence electrons. The third-order valence-corrected chi connectivity index (χ3v) is 3.49. The monoisotopic (exact) mass is 276 g/mol. The van der Waals surface area contributed by atoms with E-state index in [0.29, 0.717) is 6.42 Å². The summed E-state index contributed by atoms with van der Waals surface area (Å²) >= 11 is 0.